The summed E-state index contributed by atoms with van der Waals surface area (Å²) >= 11 is 6.54. The van der Waals surface area contributed by atoms with E-state index >= 15 is 0 Å². The number of thioether (sulfide) groups is 1. The molecule has 136 valence electrons. The molecule has 0 aliphatic carbocycles. The Morgan fingerprint density at radius 3 is 2.69 bits per heavy atom. The van der Waals surface area contributed by atoms with Crippen molar-refractivity contribution in [3.8, 4) is 0 Å². The summed E-state index contributed by atoms with van der Waals surface area (Å²) in [7, 11) is 0. The first-order chi connectivity index (χ1) is 12.3. The van der Waals surface area contributed by atoms with E-state index in [4.69, 9.17) is 11.6 Å². The molecule has 3 rings (SSSR count). The zero-order chi connectivity index (χ0) is 18.9. The summed E-state index contributed by atoms with van der Waals surface area (Å²) in [5, 5.41) is 2.28. The Kier molecular flexibility index (Phi) is 5.15. The fourth-order valence-corrected chi connectivity index (χ4v) is 3.53. The van der Waals surface area contributed by atoms with Gasteiger partial charge in [0.15, 0.2) is 0 Å². The molecule has 1 N–H and O–H groups in total. The van der Waals surface area contributed by atoms with Crippen LogP contribution in [0.5, 0.6) is 0 Å². The molecule has 0 unspecified atom stereocenters. The minimum atomic E-state index is -4.57. The predicted octanol–water partition coefficient (Wildman–Crippen LogP) is 4.44. The van der Waals surface area contributed by atoms with Crippen LogP contribution < -0.4 is 10.2 Å². The van der Waals surface area contributed by atoms with Crippen LogP contribution in [-0.2, 0) is 15.8 Å². The minimum absolute atomic E-state index is 0.111. The fourth-order valence-electron chi connectivity index (χ4n) is 2.49. The Morgan fingerprint density at radius 2 is 1.96 bits per heavy atom. The van der Waals surface area contributed by atoms with E-state index in [0.29, 0.717) is 11.4 Å². The van der Waals surface area contributed by atoms with Crippen molar-refractivity contribution in [3.63, 3.8) is 0 Å². The van der Waals surface area contributed by atoms with Gasteiger partial charge in [-0.05, 0) is 30.3 Å². The molecule has 9 heteroatoms. The molecule has 26 heavy (non-hydrogen) atoms. The van der Waals surface area contributed by atoms with Crippen LogP contribution in [0, 0.1) is 0 Å². The van der Waals surface area contributed by atoms with Crippen LogP contribution in [0.25, 0.3) is 0 Å². The number of hydrogen-bond acceptors (Lipinski definition) is 3. The zero-order valence-corrected chi connectivity index (χ0v) is 14.7. The molecule has 2 aromatic rings. The number of amides is 2. The summed E-state index contributed by atoms with van der Waals surface area (Å²) in [6, 6.07) is 10.3. The van der Waals surface area contributed by atoms with Crippen LogP contribution in [0.3, 0.4) is 0 Å². The molecule has 0 saturated carbocycles. The highest BCUT2D eigenvalue weighted by atomic mass is 35.5. The first-order valence-electron chi connectivity index (χ1n) is 7.44. The molecule has 0 fully saturated rings. The van der Waals surface area contributed by atoms with E-state index in [1.54, 1.807) is 24.3 Å². The summed E-state index contributed by atoms with van der Waals surface area (Å²) in [6.07, 6.45) is -4.57. The van der Waals surface area contributed by atoms with Gasteiger partial charge in [-0.1, -0.05) is 23.7 Å². The predicted molar refractivity (Wildman–Crippen MR) is 94.6 cm³/mol. The summed E-state index contributed by atoms with van der Waals surface area (Å²) in [6.45, 7) is -0.134. The lowest BCUT2D eigenvalue weighted by molar-refractivity contribution is -0.137. The number of carbonyl (C=O) groups is 2. The van der Waals surface area contributed by atoms with Gasteiger partial charge in [0.25, 0.3) is 0 Å². The standard InChI is InChI=1S/C17H12ClF3N2O2S/c18-12-6-5-10(7-11(12)17(19,20)21)26-9-16(25)23-8-15(24)22-13-3-1-2-4-14(13)23/h1-7H,8-9H2,(H,22,24). The molecular formula is C17H12ClF3N2O2S. The lowest BCUT2D eigenvalue weighted by Gasteiger charge is -2.29. The van der Waals surface area contributed by atoms with Crippen LogP contribution in [0.4, 0.5) is 24.5 Å². The normalized spacial score (nSPS) is 14.0. The number of fused-ring (bicyclic) bond motifs is 1. The van der Waals surface area contributed by atoms with E-state index in [0.717, 1.165) is 23.9 Å². The first kappa shape index (κ1) is 18.6. The maximum atomic E-state index is 12.9. The van der Waals surface area contributed by atoms with Crippen LogP contribution in [0.2, 0.25) is 5.02 Å². The monoisotopic (exact) mass is 400 g/mol. The number of alkyl halides is 3. The molecule has 0 spiro atoms. The Hall–Kier alpha value is -2.19. The molecule has 4 nitrogen and oxygen atoms in total. The van der Waals surface area contributed by atoms with E-state index in [1.807, 2.05) is 0 Å². The molecule has 1 aliphatic heterocycles. The van der Waals surface area contributed by atoms with E-state index in [2.05, 4.69) is 5.32 Å². The van der Waals surface area contributed by atoms with Crippen molar-refractivity contribution in [2.24, 2.45) is 0 Å². The molecular weight excluding hydrogens is 389 g/mol. The van der Waals surface area contributed by atoms with Crippen LogP contribution >= 0.6 is 23.4 Å². The molecule has 1 heterocycles. The number of halogens is 4. The Balaban J connectivity index is 1.75. The summed E-state index contributed by atoms with van der Waals surface area (Å²) < 4.78 is 38.7. The second-order valence-electron chi connectivity index (χ2n) is 5.47. The molecule has 0 atom stereocenters. The second-order valence-corrected chi connectivity index (χ2v) is 6.93. The molecule has 1 aliphatic rings. The van der Waals surface area contributed by atoms with E-state index in [9.17, 15) is 22.8 Å². The maximum absolute atomic E-state index is 12.9. The Morgan fingerprint density at radius 1 is 1.23 bits per heavy atom. The summed E-state index contributed by atoms with van der Waals surface area (Å²) in [5.74, 6) is -0.811. The van der Waals surface area contributed by atoms with Crippen LogP contribution in [-0.4, -0.2) is 24.1 Å². The molecule has 0 aromatic heterocycles. The molecule has 2 amide bonds. The smallest absolute Gasteiger partial charge is 0.323 e. The van der Waals surface area contributed by atoms with Crippen molar-refractivity contribution in [2.45, 2.75) is 11.1 Å². The highest BCUT2D eigenvalue weighted by Gasteiger charge is 2.33. The van der Waals surface area contributed by atoms with Gasteiger partial charge < -0.3 is 10.2 Å². The number of para-hydroxylation sites is 2. The average molecular weight is 401 g/mol. The van der Waals surface area contributed by atoms with Gasteiger partial charge in [-0.15, -0.1) is 11.8 Å². The number of hydrogen-bond donors (Lipinski definition) is 1. The Labute approximate surface area is 156 Å². The summed E-state index contributed by atoms with van der Waals surface area (Å²) in [5.41, 5.74) is 0.136. The van der Waals surface area contributed by atoms with Crippen molar-refractivity contribution in [1.29, 1.82) is 0 Å². The molecule has 0 bridgehead atoms. The average Bonchev–Trinajstić information content (AvgIpc) is 2.59. The number of rotatable bonds is 3. The maximum Gasteiger partial charge on any atom is 0.417 e. The highest BCUT2D eigenvalue weighted by molar-refractivity contribution is 8.00. The van der Waals surface area contributed by atoms with E-state index < -0.39 is 16.8 Å². The minimum Gasteiger partial charge on any atom is -0.323 e. The van der Waals surface area contributed by atoms with Gasteiger partial charge in [0, 0.05) is 4.90 Å². The number of nitrogens with one attached hydrogen (secondary N) is 1. The van der Waals surface area contributed by atoms with Gasteiger partial charge >= 0.3 is 6.18 Å². The lowest BCUT2D eigenvalue weighted by atomic mass is 10.2. The highest BCUT2D eigenvalue weighted by Crippen LogP contribution is 2.37. The van der Waals surface area contributed by atoms with Crippen molar-refractivity contribution >= 4 is 46.6 Å². The zero-order valence-electron chi connectivity index (χ0n) is 13.1. The lowest BCUT2D eigenvalue weighted by Crippen LogP contribution is -2.43. The van der Waals surface area contributed by atoms with Crippen LogP contribution in [0.1, 0.15) is 5.56 Å². The quantitative estimate of drug-likeness (QED) is 0.775. The van der Waals surface area contributed by atoms with Gasteiger partial charge in [-0.25, -0.2) is 0 Å². The fraction of sp³-hybridized carbons (Fsp3) is 0.176. The van der Waals surface area contributed by atoms with Gasteiger partial charge in [-0.3, -0.25) is 9.59 Å². The molecule has 2 aromatic carbocycles. The SMILES string of the molecule is O=C1CN(C(=O)CSc2ccc(Cl)c(C(F)(F)F)c2)c2ccccc2N1. The second kappa shape index (κ2) is 7.20. The van der Waals surface area contributed by atoms with Crippen molar-refractivity contribution < 1.29 is 22.8 Å². The third kappa shape index (κ3) is 3.96. The van der Waals surface area contributed by atoms with Gasteiger partial charge in [0.1, 0.15) is 6.54 Å². The largest absolute Gasteiger partial charge is 0.417 e. The topological polar surface area (TPSA) is 49.4 Å². The third-order valence-corrected chi connectivity index (χ3v) is 4.99. The third-order valence-electron chi connectivity index (χ3n) is 3.68. The van der Waals surface area contributed by atoms with Crippen molar-refractivity contribution in [3.05, 3.63) is 53.1 Å². The number of benzene rings is 2. The van der Waals surface area contributed by atoms with E-state index in [1.165, 1.54) is 11.0 Å². The van der Waals surface area contributed by atoms with Gasteiger partial charge in [0.2, 0.25) is 11.8 Å². The van der Waals surface area contributed by atoms with Crippen LogP contribution in [0.15, 0.2) is 47.4 Å². The number of anilines is 2. The Bertz CT molecular complexity index is 873. The first-order valence-corrected chi connectivity index (χ1v) is 8.81. The molecule has 0 radical (unpaired) electrons. The van der Waals surface area contributed by atoms with Crippen molar-refractivity contribution in [2.75, 3.05) is 22.5 Å². The van der Waals surface area contributed by atoms with Gasteiger partial charge in [0.05, 0.1) is 27.7 Å². The van der Waals surface area contributed by atoms with E-state index in [-0.39, 0.29) is 29.0 Å². The number of nitrogens with zero attached hydrogens (tertiary/aromatic N) is 1. The van der Waals surface area contributed by atoms with Crippen molar-refractivity contribution in [1.82, 2.24) is 0 Å². The number of carbonyl (C=O) groups excluding carboxylic acids is 2. The van der Waals surface area contributed by atoms with Gasteiger partial charge in [-0.2, -0.15) is 13.2 Å². The molecule has 0 saturated heterocycles. The summed E-state index contributed by atoms with van der Waals surface area (Å²) in [4.78, 5) is 25.9.